The fourth-order valence-corrected chi connectivity index (χ4v) is 5.09. The van der Waals surface area contributed by atoms with Crippen LogP contribution in [0, 0.1) is 11.8 Å². The predicted octanol–water partition coefficient (Wildman–Crippen LogP) is 0.297. The number of aromatic nitrogens is 2. The van der Waals surface area contributed by atoms with Crippen LogP contribution in [0.3, 0.4) is 0 Å². The molecule has 9 nitrogen and oxygen atoms in total. The van der Waals surface area contributed by atoms with Gasteiger partial charge < -0.3 is 21.3 Å². The molecule has 9 heteroatoms. The van der Waals surface area contributed by atoms with Crippen LogP contribution in [0.5, 0.6) is 0 Å². The van der Waals surface area contributed by atoms with Crippen molar-refractivity contribution in [3.8, 4) is 5.69 Å². The summed E-state index contributed by atoms with van der Waals surface area (Å²) in [5.74, 6) is 1.83. The monoisotopic (exact) mass is 467 g/mol. The van der Waals surface area contributed by atoms with E-state index in [1.807, 2.05) is 23.1 Å². The predicted molar refractivity (Wildman–Crippen MR) is 134 cm³/mol. The molecule has 1 aromatic carbocycles. The number of benzene rings is 1. The van der Waals surface area contributed by atoms with Crippen LogP contribution in [0.25, 0.3) is 5.69 Å². The van der Waals surface area contributed by atoms with Gasteiger partial charge in [0, 0.05) is 51.5 Å². The van der Waals surface area contributed by atoms with E-state index >= 15 is 0 Å². The molecular formula is C25H37N7O2. The molecule has 0 bridgehead atoms. The molecule has 4 N–H and O–H groups in total. The summed E-state index contributed by atoms with van der Waals surface area (Å²) >= 11 is 0. The van der Waals surface area contributed by atoms with E-state index in [9.17, 15) is 9.59 Å². The zero-order valence-electron chi connectivity index (χ0n) is 20.3. The molecule has 0 radical (unpaired) electrons. The number of piperazine rings is 1. The van der Waals surface area contributed by atoms with Crippen molar-refractivity contribution in [2.45, 2.75) is 26.3 Å². The molecule has 2 saturated heterocycles. The molecule has 0 aliphatic carbocycles. The van der Waals surface area contributed by atoms with E-state index in [1.165, 1.54) is 5.56 Å². The first kappa shape index (κ1) is 24.4. The third-order valence-electron chi connectivity index (χ3n) is 7.39. The first-order chi connectivity index (χ1) is 16.4. The smallest absolute Gasteiger partial charge is 0.353 e. The van der Waals surface area contributed by atoms with Crippen molar-refractivity contribution in [2.24, 2.45) is 23.3 Å². The van der Waals surface area contributed by atoms with Crippen LogP contribution in [-0.4, -0.2) is 83.7 Å². The van der Waals surface area contributed by atoms with Crippen LogP contribution < -0.4 is 22.1 Å². The second-order valence-corrected chi connectivity index (χ2v) is 9.66. The molecule has 3 atom stereocenters. The number of hydrogen-bond donors (Lipinski definition) is 2. The number of nitrogens with zero attached hydrogens (tertiary/aromatic N) is 5. The van der Waals surface area contributed by atoms with Gasteiger partial charge in [-0.3, -0.25) is 14.3 Å². The van der Waals surface area contributed by atoms with E-state index in [1.54, 1.807) is 15.7 Å². The Morgan fingerprint density at radius 2 is 1.79 bits per heavy atom. The molecule has 3 heterocycles. The lowest BCUT2D eigenvalue weighted by atomic mass is 9.99. The fraction of sp³-hybridized carbons (Fsp3) is 0.560. The SMILES string of the molecule is CC1CN(C(C)Cc2ccc(-n3ccc(N4CCN(C(=O)CN)CC4)nc3=O)cc2)C[C@H]1CN. The summed E-state index contributed by atoms with van der Waals surface area (Å²) in [4.78, 5) is 35.1. The van der Waals surface area contributed by atoms with Crippen molar-refractivity contribution < 1.29 is 4.79 Å². The molecule has 1 amide bonds. The number of hydrogen-bond acceptors (Lipinski definition) is 7. The summed E-state index contributed by atoms with van der Waals surface area (Å²) in [7, 11) is 0. The summed E-state index contributed by atoms with van der Waals surface area (Å²) in [6.07, 6.45) is 2.74. The number of likely N-dealkylation sites (tertiary alicyclic amines) is 1. The highest BCUT2D eigenvalue weighted by Gasteiger charge is 2.31. The minimum Gasteiger partial charge on any atom is -0.353 e. The van der Waals surface area contributed by atoms with E-state index in [0.717, 1.165) is 31.7 Å². The lowest BCUT2D eigenvalue weighted by Gasteiger charge is -2.35. The second kappa shape index (κ2) is 10.7. The van der Waals surface area contributed by atoms with Crippen molar-refractivity contribution in [1.82, 2.24) is 19.4 Å². The Hall–Kier alpha value is -2.75. The molecule has 1 aromatic heterocycles. The summed E-state index contributed by atoms with van der Waals surface area (Å²) in [5.41, 5.74) is 13.1. The maximum atomic E-state index is 12.8. The third kappa shape index (κ3) is 5.32. The maximum Gasteiger partial charge on any atom is 0.354 e. The van der Waals surface area contributed by atoms with Crippen molar-refractivity contribution >= 4 is 11.7 Å². The van der Waals surface area contributed by atoms with Crippen LogP contribution >= 0.6 is 0 Å². The summed E-state index contributed by atoms with van der Waals surface area (Å²) < 4.78 is 1.57. The van der Waals surface area contributed by atoms with Crippen LogP contribution in [0.4, 0.5) is 5.82 Å². The van der Waals surface area contributed by atoms with Gasteiger partial charge in [0.1, 0.15) is 5.82 Å². The molecule has 2 aliphatic heterocycles. The van der Waals surface area contributed by atoms with Crippen LogP contribution in [0.1, 0.15) is 19.4 Å². The molecule has 2 aliphatic rings. The van der Waals surface area contributed by atoms with Crippen molar-refractivity contribution in [2.75, 3.05) is 57.3 Å². The van der Waals surface area contributed by atoms with Crippen molar-refractivity contribution in [3.63, 3.8) is 0 Å². The van der Waals surface area contributed by atoms with Crippen molar-refractivity contribution in [1.29, 1.82) is 0 Å². The average Bonchev–Trinajstić information content (AvgIpc) is 3.25. The minimum atomic E-state index is -0.307. The van der Waals surface area contributed by atoms with Crippen molar-refractivity contribution in [3.05, 3.63) is 52.6 Å². The van der Waals surface area contributed by atoms with Gasteiger partial charge in [0.15, 0.2) is 0 Å². The molecule has 4 rings (SSSR count). The van der Waals surface area contributed by atoms with Gasteiger partial charge in [-0.05, 0) is 55.5 Å². The van der Waals surface area contributed by atoms with E-state index in [0.29, 0.717) is 49.9 Å². The first-order valence-electron chi connectivity index (χ1n) is 12.3. The lowest BCUT2D eigenvalue weighted by molar-refractivity contribution is -0.129. The minimum absolute atomic E-state index is 0.0260. The van der Waals surface area contributed by atoms with Gasteiger partial charge >= 0.3 is 5.69 Å². The molecule has 2 unspecified atom stereocenters. The second-order valence-electron chi connectivity index (χ2n) is 9.66. The molecule has 0 spiro atoms. The highest BCUT2D eigenvalue weighted by atomic mass is 16.2. The number of nitrogens with two attached hydrogens (primary N) is 2. The molecule has 0 saturated carbocycles. The largest absolute Gasteiger partial charge is 0.354 e. The number of carbonyl (C=O) groups is 1. The van der Waals surface area contributed by atoms with Gasteiger partial charge in [-0.25, -0.2) is 4.79 Å². The maximum absolute atomic E-state index is 12.8. The Kier molecular flexibility index (Phi) is 7.65. The van der Waals surface area contributed by atoms with Gasteiger partial charge in [-0.2, -0.15) is 4.98 Å². The zero-order chi connectivity index (χ0) is 24.2. The normalized spacial score (nSPS) is 22.2. The molecule has 184 valence electrons. The standard InChI is InChI=1S/C25H37N7O2/c1-18-16-31(17-21(18)14-26)19(2)13-20-3-5-22(6-4-20)32-8-7-23(28-25(32)34)29-9-11-30(12-10-29)24(33)15-27/h3-8,18-19,21H,9-17,26-27H2,1-2H3/t18?,19?,21-/m1/s1. The Morgan fingerprint density at radius 3 is 2.38 bits per heavy atom. The molecular weight excluding hydrogens is 430 g/mol. The highest BCUT2D eigenvalue weighted by molar-refractivity contribution is 5.78. The van der Waals surface area contributed by atoms with E-state index in [-0.39, 0.29) is 18.1 Å². The van der Waals surface area contributed by atoms with Crippen LogP contribution in [0.15, 0.2) is 41.3 Å². The third-order valence-corrected chi connectivity index (χ3v) is 7.39. The van der Waals surface area contributed by atoms with Crippen LogP contribution in [-0.2, 0) is 11.2 Å². The fourth-order valence-electron chi connectivity index (χ4n) is 5.09. The van der Waals surface area contributed by atoms with E-state index < -0.39 is 0 Å². The lowest BCUT2D eigenvalue weighted by Crippen LogP contribution is -2.50. The van der Waals surface area contributed by atoms with Gasteiger partial charge in [0.25, 0.3) is 0 Å². The summed E-state index contributed by atoms with van der Waals surface area (Å²) in [5, 5.41) is 0. The summed E-state index contributed by atoms with van der Waals surface area (Å²) in [6.45, 7) is 9.97. The first-order valence-corrected chi connectivity index (χ1v) is 12.3. The quantitative estimate of drug-likeness (QED) is 0.602. The number of anilines is 1. The topological polar surface area (TPSA) is 114 Å². The molecule has 34 heavy (non-hydrogen) atoms. The molecule has 2 aromatic rings. The zero-order valence-corrected chi connectivity index (χ0v) is 20.3. The van der Waals surface area contributed by atoms with Gasteiger partial charge in [-0.1, -0.05) is 19.1 Å². The Bertz CT molecular complexity index is 1030. The van der Waals surface area contributed by atoms with E-state index in [4.69, 9.17) is 11.5 Å². The molecule has 2 fully saturated rings. The Balaban J connectivity index is 1.37. The Labute approximate surface area is 201 Å². The number of rotatable bonds is 7. The summed E-state index contributed by atoms with van der Waals surface area (Å²) in [6, 6.07) is 10.5. The van der Waals surface area contributed by atoms with Gasteiger partial charge in [-0.15, -0.1) is 0 Å². The van der Waals surface area contributed by atoms with E-state index in [2.05, 4.69) is 35.9 Å². The van der Waals surface area contributed by atoms with Gasteiger partial charge in [0.05, 0.1) is 12.2 Å². The number of carbonyl (C=O) groups excluding carboxylic acids is 1. The highest BCUT2D eigenvalue weighted by Crippen LogP contribution is 2.25. The van der Waals surface area contributed by atoms with Crippen LogP contribution in [0.2, 0.25) is 0 Å². The van der Waals surface area contributed by atoms with Gasteiger partial charge in [0.2, 0.25) is 5.91 Å². The Morgan fingerprint density at radius 1 is 1.09 bits per heavy atom. The average molecular weight is 468 g/mol. The number of amides is 1.